The van der Waals surface area contributed by atoms with Crippen molar-refractivity contribution in [2.75, 3.05) is 37.6 Å². The first-order valence-electron chi connectivity index (χ1n) is 17.7. The molecule has 0 radical (unpaired) electrons. The van der Waals surface area contributed by atoms with Crippen LogP contribution >= 0.6 is 0 Å². The van der Waals surface area contributed by atoms with Gasteiger partial charge in [-0.05, 0) is 52.1 Å². The van der Waals surface area contributed by atoms with E-state index in [1.54, 1.807) is 24.3 Å². The number of piperazine rings is 1. The highest BCUT2D eigenvalue weighted by Crippen LogP contribution is 2.39. The number of rotatable bonds is 11. The summed E-state index contributed by atoms with van der Waals surface area (Å²) in [6, 6.07) is 40.2. The van der Waals surface area contributed by atoms with Gasteiger partial charge in [-0.25, -0.2) is 0 Å². The van der Waals surface area contributed by atoms with Crippen LogP contribution in [0.15, 0.2) is 127 Å². The van der Waals surface area contributed by atoms with Gasteiger partial charge in [0.2, 0.25) is 0 Å². The second kappa shape index (κ2) is 16.3. The van der Waals surface area contributed by atoms with Gasteiger partial charge in [0.1, 0.15) is 0 Å². The minimum Gasteiger partial charge on any atom is -0.392 e. The lowest BCUT2D eigenvalue weighted by Gasteiger charge is -2.41. The average Bonchev–Trinajstić information content (AvgIpc) is 3.20. The number of nitrogens with one attached hydrogen (secondary N) is 1. The molecule has 2 fully saturated rings. The van der Waals surface area contributed by atoms with E-state index in [0.717, 1.165) is 71.8 Å². The van der Waals surface area contributed by atoms with Crippen LogP contribution in [0.3, 0.4) is 0 Å². The molecule has 7 rings (SSSR count). The fraction of sp³-hybridized carbons (Fsp3) is 0.262. The SMILES string of the molecule is O=C(NCc1ccccc1-c1ccc(C2OC(CN3CCN(c4ccc([N+](=O)[O-])cc4)CC3)CC(c3ccc(CO)cc3)O2)cc1)c1ccccc1. The minimum atomic E-state index is -0.572. The molecule has 0 aliphatic carbocycles. The van der Waals surface area contributed by atoms with Gasteiger partial charge < -0.3 is 24.8 Å². The molecule has 2 aliphatic rings. The molecule has 1 amide bonds. The Morgan fingerprint density at radius 2 is 1.46 bits per heavy atom. The molecule has 2 heterocycles. The van der Waals surface area contributed by atoms with E-state index in [2.05, 4.69) is 45.4 Å². The summed E-state index contributed by atoms with van der Waals surface area (Å²) >= 11 is 0. The predicted molar refractivity (Wildman–Crippen MR) is 200 cm³/mol. The summed E-state index contributed by atoms with van der Waals surface area (Å²) in [7, 11) is 0. The number of carbonyl (C=O) groups is 1. The summed E-state index contributed by atoms with van der Waals surface area (Å²) in [6.45, 7) is 4.46. The van der Waals surface area contributed by atoms with Crippen LogP contribution in [-0.2, 0) is 22.6 Å². The molecule has 266 valence electrons. The Morgan fingerprint density at radius 3 is 2.15 bits per heavy atom. The van der Waals surface area contributed by atoms with Crippen LogP contribution in [0.4, 0.5) is 11.4 Å². The molecule has 3 unspecified atom stereocenters. The van der Waals surface area contributed by atoms with Crippen LogP contribution in [-0.4, -0.2) is 59.7 Å². The first-order chi connectivity index (χ1) is 25.4. The monoisotopic (exact) mass is 698 g/mol. The molecule has 3 atom stereocenters. The van der Waals surface area contributed by atoms with Crippen molar-refractivity contribution in [2.24, 2.45) is 0 Å². The lowest BCUT2D eigenvalue weighted by atomic mass is 9.97. The van der Waals surface area contributed by atoms with E-state index in [1.165, 1.54) is 0 Å². The maximum atomic E-state index is 12.7. The summed E-state index contributed by atoms with van der Waals surface area (Å²) in [5.41, 5.74) is 7.62. The zero-order chi connectivity index (χ0) is 35.9. The van der Waals surface area contributed by atoms with Crippen molar-refractivity contribution in [3.8, 4) is 11.1 Å². The van der Waals surface area contributed by atoms with Crippen LogP contribution in [0, 0.1) is 10.1 Å². The third kappa shape index (κ3) is 8.38. The Kier molecular flexibility index (Phi) is 11.0. The number of nitro groups is 1. The van der Waals surface area contributed by atoms with Gasteiger partial charge in [0.05, 0.1) is 23.7 Å². The van der Waals surface area contributed by atoms with Crippen molar-refractivity contribution >= 4 is 17.3 Å². The quantitative estimate of drug-likeness (QED) is 0.111. The molecule has 0 bridgehead atoms. The molecule has 5 aromatic carbocycles. The Balaban J connectivity index is 1.04. The number of nitrogens with zero attached hydrogens (tertiary/aromatic N) is 3. The average molecular weight is 699 g/mol. The van der Waals surface area contributed by atoms with Crippen LogP contribution in [0.5, 0.6) is 0 Å². The Labute approximate surface area is 303 Å². The van der Waals surface area contributed by atoms with Crippen molar-refractivity contribution < 1.29 is 24.3 Å². The lowest BCUT2D eigenvalue weighted by Crippen LogP contribution is -2.49. The summed E-state index contributed by atoms with van der Waals surface area (Å²) in [5, 5.41) is 23.7. The van der Waals surface area contributed by atoms with Gasteiger partial charge in [0, 0.05) is 74.6 Å². The predicted octanol–water partition coefficient (Wildman–Crippen LogP) is 7.05. The molecular weight excluding hydrogens is 656 g/mol. The molecule has 2 aliphatic heterocycles. The Morgan fingerprint density at radius 1 is 0.788 bits per heavy atom. The maximum Gasteiger partial charge on any atom is 0.269 e. The zero-order valence-electron chi connectivity index (χ0n) is 28.8. The minimum absolute atomic E-state index is 0.0130. The van der Waals surface area contributed by atoms with E-state index < -0.39 is 6.29 Å². The van der Waals surface area contributed by atoms with Crippen LogP contribution in [0.25, 0.3) is 11.1 Å². The summed E-state index contributed by atoms with van der Waals surface area (Å²) in [5.74, 6) is -0.112. The first kappa shape index (κ1) is 35.0. The number of nitro benzene ring substituents is 1. The largest absolute Gasteiger partial charge is 0.392 e. The molecule has 10 nitrogen and oxygen atoms in total. The molecular formula is C42H42N4O6. The standard InChI is InChI=1S/C42H42N4O6/c47-29-30-10-12-32(13-11-30)40-26-38(28-44-22-24-45(25-23-44)36-18-20-37(21-19-36)46(49)50)51-42(52-40)34-16-14-31(15-17-34)39-9-5-4-8-35(39)27-43-41(48)33-6-2-1-3-7-33/h1-21,38,40,42,47H,22-29H2,(H,43,48). The number of non-ortho nitro benzene ring substituents is 1. The van der Waals surface area contributed by atoms with Gasteiger partial charge in [-0.3, -0.25) is 19.8 Å². The van der Waals surface area contributed by atoms with E-state index in [0.29, 0.717) is 18.5 Å². The van der Waals surface area contributed by atoms with Crippen molar-refractivity contribution in [2.45, 2.75) is 38.1 Å². The molecule has 5 aromatic rings. The summed E-state index contributed by atoms with van der Waals surface area (Å²) in [6.07, 6.45) is -0.151. The zero-order valence-corrected chi connectivity index (χ0v) is 28.8. The first-order valence-corrected chi connectivity index (χ1v) is 17.7. The number of ether oxygens (including phenoxy) is 2. The third-order valence-electron chi connectivity index (χ3n) is 9.86. The van der Waals surface area contributed by atoms with Crippen molar-refractivity contribution in [3.05, 3.63) is 165 Å². The molecule has 2 N–H and O–H groups in total. The normalized spacial score (nSPS) is 19.2. The topological polar surface area (TPSA) is 117 Å². The highest BCUT2D eigenvalue weighted by atomic mass is 16.7. The van der Waals surface area contributed by atoms with Crippen LogP contribution in [0.2, 0.25) is 0 Å². The van der Waals surface area contributed by atoms with Crippen molar-refractivity contribution in [1.82, 2.24) is 10.2 Å². The Bertz CT molecular complexity index is 1950. The molecule has 10 heteroatoms. The highest BCUT2D eigenvalue weighted by Gasteiger charge is 2.34. The van der Waals surface area contributed by atoms with E-state index in [1.807, 2.05) is 72.8 Å². The number of aliphatic hydroxyl groups excluding tert-OH is 1. The van der Waals surface area contributed by atoms with Crippen molar-refractivity contribution in [1.29, 1.82) is 0 Å². The number of aliphatic hydroxyl groups is 1. The Hall–Kier alpha value is -5.39. The van der Waals surface area contributed by atoms with Gasteiger partial charge in [-0.1, -0.05) is 91.0 Å². The smallest absolute Gasteiger partial charge is 0.269 e. The molecule has 0 spiro atoms. The van der Waals surface area contributed by atoms with Gasteiger partial charge in [-0.15, -0.1) is 0 Å². The van der Waals surface area contributed by atoms with Gasteiger partial charge >= 0.3 is 0 Å². The van der Waals surface area contributed by atoms with Crippen LogP contribution in [0.1, 0.15) is 51.4 Å². The van der Waals surface area contributed by atoms with Gasteiger partial charge in [0.25, 0.3) is 11.6 Å². The fourth-order valence-electron chi connectivity index (χ4n) is 6.94. The number of hydrogen-bond acceptors (Lipinski definition) is 8. The summed E-state index contributed by atoms with van der Waals surface area (Å²) < 4.78 is 13.3. The number of amides is 1. The van der Waals surface area contributed by atoms with E-state index in [9.17, 15) is 20.0 Å². The summed E-state index contributed by atoms with van der Waals surface area (Å²) in [4.78, 5) is 28.1. The number of hydrogen-bond donors (Lipinski definition) is 2. The van der Waals surface area contributed by atoms with E-state index in [4.69, 9.17) is 9.47 Å². The number of anilines is 1. The lowest BCUT2D eigenvalue weighted by molar-refractivity contribution is -0.384. The second-order valence-corrected chi connectivity index (χ2v) is 13.2. The molecule has 2 saturated heterocycles. The fourth-order valence-corrected chi connectivity index (χ4v) is 6.94. The molecule has 52 heavy (non-hydrogen) atoms. The van der Waals surface area contributed by atoms with Crippen molar-refractivity contribution in [3.63, 3.8) is 0 Å². The maximum absolute atomic E-state index is 12.7. The van der Waals surface area contributed by atoms with Crippen LogP contribution < -0.4 is 10.2 Å². The van der Waals surface area contributed by atoms with Gasteiger partial charge in [0.15, 0.2) is 6.29 Å². The molecule has 0 saturated carbocycles. The van der Waals surface area contributed by atoms with E-state index >= 15 is 0 Å². The van der Waals surface area contributed by atoms with Gasteiger partial charge in [-0.2, -0.15) is 0 Å². The highest BCUT2D eigenvalue weighted by molar-refractivity contribution is 5.94. The third-order valence-corrected chi connectivity index (χ3v) is 9.86. The second-order valence-electron chi connectivity index (χ2n) is 13.2. The number of benzene rings is 5. The van der Waals surface area contributed by atoms with E-state index in [-0.39, 0.29) is 35.3 Å². The molecule has 0 aromatic heterocycles. The number of carbonyl (C=O) groups excluding carboxylic acids is 1.